The molecular weight excluding hydrogens is 625 g/mol. The molecule has 0 aromatic heterocycles. The Bertz CT molecular complexity index is 2750. The van der Waals surface area contributed by atoms with Crippen molar-refractivity contribution in [2.45, 2.75) is 95.3 Å². The zero-order valence-corrected chi connectivity index (χ0v) is 30.2. The molecule has 15 aliphatic rings. The van der Waals surface area contributed by atoms with Crippen molar-refractivity contribution in [3.8, 4) is 0 Å². The van der Waals surface area contributed by atoms with Crippen molar-refractivity contribution in [1.82, 2.24) is 0 Å². The molecule has 16 rings (SSSR count). The monoisotopic (exact) mass is 666 g/mol. The molecule has 0 N–H and O–H groups in total. The van der Waals surface area contributed by atoms with E-state index < -0.39 is 0 Å². The van der Waals surface area contributed by atoms with Gasteiger partial charge in [0.25, 0.3) is 0 Å². The molecule has 6 atom stereocenters. The lowest BCUT2D eigenvalue weighted by atomic mass is 9.37. The Morgan fingerprint density at radius 3 is 1.63 bits per heavy atom. The van der Waals surface area contributed by atoms with Crippen LogP contribution in [0.4, 0.5) is 0 Å². The molecule has 0 nitrogen and oxygen atoms in total. The van der Waals surface area contributed by atoms with E-state index in [1.54, 1.807) is 106 Å². The third-order valence-electron chi connectivity index (χ3n) is 18.8. The van der Waals surface area contributed by atoms with Crippen LogP contribution in [0, 0.1) is 28.1 Å². The second kappa shape index (κ2) is 7.33. The van der Waals surface area contributed by atoms with Gasteiger partial charge in [0, 0.05) is 16.2 Å². The van der Waals surface area contributed by atoms with Crippen LogP contribution in [0.1, 0.15) is 123 Å². The Balaban J connectivity index is 1.30. The summed E-state index contributed by atoms with van der Waals surface area (Å²) < 4.78 is 0. The predicted octanol–water partition coefficient (Wildman–Crippen LogP) is 12.5. The molecule has 0 spiro atoms. The highest BCUT2D eigenvalue weighted by Gasteiger charge is 2.82. The zero-order valence-electron chi connectivity index (χ0n) is 30.2. The minimum atomic E-state index is -0.154. The molecule has 0 saturated heterocycles. The largest absolute Gasteiger partial charge is 0.103 e. The minimum Gasteiger partial charge on any atom is -0.103 e. The Labute approximate surface area is 306 Å². The van der Waals surface area contributed by atoms with Gasteiger partial charge in [0.05, 0.1) is 5.41 Å². The van der Waals surface area contributed by atoms with Crippen LogP contribution in [0.5, 0.6) is 0 Å². The highest BCUT2D eigenvalue weighted by Crippen LogP contribution is 2.92. The van der Waals surface area contributed by atoms with Gasteiger partial charge < -0.3 is 0 Å². The van der Waals surface area contributed by atoms with E-state index in [0.717, 1.165) is 25.7 Å². The number of allylic oxidation sites excluding steroid dienone is 22. The fourth-order valence-corrected chi connectivity index (χ4v) is 18.7. The van der Waals surface area contributed by atoms with E-state index in [0.29, 0.717) is 11.8 Å². The van der Waals surface area contributed by atoms with Crippen LogP contribution in [0.15, 0.2) is 123 Å². The number of fused-ring (bicyclic) bond motifs is 1. The number of hydrogen-bond acceptors (Lipinski definition) is 0. The Morgan fingerprint density at radius 1 is 0.423 bits per heavy atom. The van der Waals surface area contributed by atoms with E-state index in [4.69, 9.17) is 6.58 Å². The van der Waals surface area contributed by atoms with Gasteiger partial charge in [0.1, 0.15) is 0 Å². The third kappa shape index (κ3) is 1.87. The molecule has 1 aromatic rings. The van der Waals surface area contributed by atoms with Gasteiger partial charge in [-0.15, -0.1) is 26.3 Å². The summed E-state index contributed by atoms with van der Waals surface area (Å²) in [4.78, 5) is 0. The van der Waals surface area contributed by atoms with Crippen LogP contribution in [0.2, 0.25) is 0 Å². The lowest BCUT2D eigenvalue weighted by Crippen LogP contribution is -2.58. The van der Waals surface area contributed by atoms with Crippen LogP contribution < -0.4 is 0 Å². The van der Waals surface area contributed by atoms with Crippen molar-refractivity contribution in [2.24, 2.45) is 28.1 Å². The van der Waals surface area contributed by atoms with E-state index in [1.165, 1.54) is 64.2 Å². The molecular formula is C52H42. The van der Waals surface area contributed by atoms with Gasteiger partial charge in [-0.1, -0.05) is 24.3 Å². The summed E-state index contributed by atoms with van der Waals surface area (Å²) >= 11 is 0. The quantitative estimate of drug-likeness (QED) is 0.242. The second-order valence-electron chi connectivity index (χ2n) is 19.3. The Morgan fingerprint density at radius 2 is 0.942 bits per heavy atom. The molecule has 250 valence electrons. The van der Waals surface area contributed by atoms with Crippen LogP contribution in [0.3, 0.4) is 0 Å². The average molecular weight is 667 g/mol. The van der Waals surface area contributed by atoms with Gasteiger partial charge >= 0.3 is 0 Å². The van der Waals surface area contributed by atoms with Gasteiger partial charge in [-0.3, -0.25) is 0 Å². The minimum absolute atomic E-state index is 0.0701. The lowest BCUT2D eigenvalue weighted by molar-refractivity contribution is 0.196. The summed E-state index contributed by atoms with van der Waals surface area (Å²) in [5.74, 6) is 1.29. The molecule has 1 aromatic carbocycles. The van der Waals surface area contributed by atoms with Crippen LogP contribution in [-0.2, 0) is 5.41 Å². The van der Waals surface area contributed by atoms with E-state index in [1.807, 2.05) is 27.9 Å². The van der Waals surface area contributed by atoms with Crippen molar-refractivity contribution in [2.75, 3.05) is 0 Å². The zero-order chi connectivity index (χ0) is 33.7. The maximum absolute atomic E-state index is 4.73. The van der Waals surface area contributed by atoms with Gasteiger partial charge in [-0.05, 0) is 235 Å². The summed E-state index contributed by atoms with van der Waals surface area (Å²) in [6.07, 6.45) is 26.2. The molecule has 1 saturated carbocycles. The van der Waals surface area contributed by atoms with Crippen molar-refractivity contribution in [3.63, 3.8) is 0 Å². The fourth-order valence-electron chi connectivity index (χ4n) is 18.7. The first-order valence-corrected chi connectivity index (χ1v) is 21.0. The van der Waals surface area contributed by atoms with Crippen LogP contribution in [0.25, 0.3) is 27.9 Å². The van der Waals surface area contributed by atoms with Crippen LogP contribution >= 0.6 is 0 Å². The first-order valence-electron chi connectivity index (χ1n) is 21.0. The van der Waals surface area contributed by atoms with E-state index >= 15 is 0 Å². The van der Waals surface area contributed by atoms with Crippen molar-refractivity contribution in [3.05, 3.63) is 156 Å². The molecule has 2 unspecified atom stereocenters. The topological polar surface area (TPSA) is 0 Å². The Kier molecular flexibility index (Phi) is 3.75. The number of benzene rings is 1. The first-order chi connectivity index (χ1) is 25.6. The van der Waals surface area contributed by atoms with Crippen molar-refractivity contribution in [1.29, 1.82) is 0 Å². The maximum Gasteiger partial charge on any atom is 0.0504 e. The van der Waals surface area contributed by atoms with Gasteiger partial charge in [-0.2, -0.15) is 0 Å². The molecule has 52 heavy (non-hydrogen) atoms. The normalized spacial score (nSPS) is 39.8. The molecule has 15 aliphatic carbocycles. The predicted molar refractivity (Wildman–Crippen MR) is 211 cm³/mol. The molecule has 0 aliphatic heterocycles. The lowest BCUT2D eigenvalue weighted by Gasteiger charge is -2.64. The summed E-state index contributed by atoms with van der Waals surface area (Å²) in [5.41, 5.74) is 42.4. The van der Waals surface area contributed by atoms with Gasteiger partial charge in [-0.25, -0.2) is 0 Å². The van der Waals surface area contributed by atoms with E-state index in [9.17, 15) is 0 Å². The summed E-state index contributed by atoms with van der Waals surface area (Å²) in [7, 11) is 0. The van der Waals surface area contributed by atoms with Gasteiger partial charge in [0.2, 0.25) is 0 Å². The SMILES string of the molecule is C=CC[C@]12C3=C4C5=C6CCC7=C8CCC9=C%10CCC%11C%12=C%10[C@]%10(CC=C)C9=C8c8c7c6c4c4c8[C@]%10(CC=C)C(=C41)[C@]%12(CC=C)C1=C2C(=C3CC5)CCC1%11. The van der Waals surface area contributed by atoms with Crippen molar-refractivity contribution < 1.29 is 0 Å². The van der Waals surface area contributed by atoms with Crippen LogP contribution in [-0.4, -0.2) is 0 Å². The van der Waals surface area contributed by atoms with E-state index in [-0.39, 0.29) is 21.7 Å². The third-order valence-corrected chi connectivity index (χ3v) is 18.8. The highest BCUT2D eigenvalue weighted by atomic mass is 14.8. The average Bonchev–Trinajstić information content (AvgIpc) is 3.95. The van der Waals surface area contributed by atoms with E-state index in [2.05, 4.69) is 44.0 Å². The second-order valence-corrected chi connectivity index (χ2v) is 19.3. The summed E-state index contributed by atoms with van der Waals surface area (Å²) in [5, 5.41) is 0. The Hall–Kier alpha value is -4.16. The molecule has 0 heteroatoms. The maximum atomic E-state index is 4.73. The number of hydrogen-bond donors (Lipinski definition) is 0. The summed E-state index contributed by atoms with van der Waals surface area (Å²) in [6, 6.07) is 0. The highest BCUT2D eigenvalue weighted by molar-refractivity contribution is 6.23. The summed E-state index contributed by atoms with van der Waals surface area (Å²) in [6.45, 7) is 18.7. The van der Waals surface area contributed by atoms with Crippen molar-refractivity contribution >= 4 is 27.9 Å². The molecule has 1 fully saturated rings. The standard InChI is InChI=1S/C52H42/c1-5-19-49-40-27-13-11-25-23-9-10-24-26-12-14-28-32-18-17-31-30-16-15-29(27)42(49)43(30)50(20-6-2)44(31)45(32)51(21-7-3)41(28)36(26)38-34(24)33(23)37(35(25)40)39-46(38)52(51,22-8-4)48(50)47(39)49/h5-8,30-31H,1-4,9-22H2/t30?,31?,49-,50-,51+,52-/m1/s1. The van der Waals surface area contributed by atoms with Gasteiger partial charge in [0.15, 0.2) is 0 Å². The molecule has 0 radical (unpaired) electrons. The molecule has 0 heterocycles. The smallest absolute Gasteiger partial charge is 0.0504 e. The number of rotatable bonds is 8. The first kappa shape index (κ1) is 26.6. The fraction of sp³-hybridized carbons (Fsp3) is 0.385. The molecule has 0 amide bonds. The molecule has 0 bridgehead atoms.